The van der Waals surface area contributed by atoms with Gasteiger partial charge in [0.25, 0.3) is 0 Å². The summed E-state index contributed by atoms with van der Waals surface area (Å²) in [5, 5.41) is 0.903. The standard InChI is InChI=1S/C21H28N6O/c1-14(2)11-17-16(12-15-5-4-10-28-15)19-18(13-23-17)24-21(25-20(19)22)27-8-6-26(3)7-9-27/h4-5,10,13-14H,6-9,11-12H2,1-3H3,(H2,22,24,25). The molecule has 1 aliphatic rings. The zero-order valence-corrected chi connectivity index (χ0v) is 16.9. The lowest BCUT2D eigenvalue weighted by atomic mass is 9.97. The molecule has 0 radical (unpaired) electrons. The molecule has 0 unspecified atom stereocenters. The number of rotatable bonds is 5. The smallest absolute Gasteiger partial charge is 0.228 e. The Balaban J connectivity index is 1.78. The minimum atomic E-state index is 0.493. The van der Waals surface area contributed by atoms with Crippen LogP contribution in [0.3, 0.4) is 0 Å². The van der Waals surface area contributed by atoms with Crippen LogP contribution in [0, 0.1) is 5.92 Å². The molecule has 1 aliphatic heterocycles. The van der Waals surface area contributed by atoms with Crippen LogP contribution in [0.2, 0.25) is 0 Å². The number of nitrogens with two attached hydrogens (primary N) is 1. The molecule has 148 valence electrons. The SMILES string of the molecule is CC(C)Cc1ncc2nc(N3CCN(C)CC3)nc(N)c2c1Cc1ccco1. The predicted octanol–water partition coefficient (Wildman–Crippen LogP) is 2.74. The van der Waals surface area contributed by atoms with Crippen molar-refractivity contribution < 1.29 is 4.42 Å². The second-order valence-corrected chi connectivity index (χ2v) is 8.00. The molecule has 3 aromatic heterocycles. The lowest BCUT2D eigenvalue weighted by Gasteiger charge is -2.32. The summed E-state index contributed by atoms with van der Waals surface area (Å²) in [6, 6.07) is 3.88. The lowest BCUT2D eigenvalue weighted by molar-refractivity contribution is 0.311. The molecule has 7 heteroatoms. The molecule has 0 saturated carbocycles. The van der Waals surface area contributed by atoms with Gasteiger partial charge in [-0.2, -0.15) is 4.98 Å². The van der Waals surface area contributed by atoms with Crippen molar-refractivity contribution in [1.82, 2.24) is 19.9 Å². The summed E-state index contributed by atoms with van der Waals surface area (Å²) in [6.07, 6.45) is 5.06. The molecule has 28 heavy (non-hydrogen) atoms. The minimum absolute atomic E-state index is 0.493. The van der Waals surface area contributed by atoms with E-state index in [0.717, 1.165) is 60.5 Å². The van der Waals surface area contributed by atoms with Gasteiger partial charge in [0.1, 0.15) is 11.6 Å². The van der Waals surface area contributed by atoms with Gasteiger partial charge in [-0.15, -0.1) is 0 Å². The van der Waals surface area contributed by atoms with Crippen LogP contribution in [0.5, 0.6) is 0 Å². The largest absolute Gasteiger partial charge is 0.469 e. The Morgan fingerprint density at radius 2 is 1.96 bits per heavy atom. The number of likely N-dealkylation sites (N-methyl/N-ethyl adjacent to an activating group) is 1. The van der Waals surface area contributed by atoms with Gasteiger partial charge < -0.3 is 20.0 Å². The maximum absolute atomic E-state index is 6.47. The Kier molecular flexibility index (Phi) is 5.17. The third-order valence-corrected chi connectivity index (χ3v) is 5.26. The normalized spacial score (nSPS) is 15.6. The highest BCUT2D eigenvalue weighted by Crippen LogP contribution is 2.29. The van der Waals surface area contributed by atoms with Crippen molar-refractivity contribution in [3.05, 3.63) is 41.6 Å². The van der Waals surface area contributed by atoms with Gasteiger partial charge >= 0.3 is 0 Å². The number of piperazine rings is 1. The summed E-state index contributed by atoms with van der Waals surface area (Å²) in [4.78, 5) is 18.8. The first-order chi connectivity index (χ1) is 13.5. The van der Waals surface area contributed by atoms with Crippen LogP contribution in [0.4, 0.5) is 11.8 Å². The van der Waals surface area contributed by atoms with Crippen molar-refractivity contribution in [2.45, 2.75) is 26.7 Å². The number of nitrogen functional groups attached to an aromatic ring is 1. The monoisotopic (exact) mass is 380 g/mol. The van der Waals surface area contributed by atoms with E-state index in [4.69, 9.17) is 20.1 Å². The van der Waals surface area contributed by atoms with Gasteiger partial charge in [0.05, 0.1) is 18.0 Å². The first-order valence-corrected chi connectivity index (χ1v) is 9.91. The van der Waals surface area contributed by atoms with E-state index >= 15 is 0 Å². The highest BCUT2D eigenvalue weighted by Gasteiger charge is 2.21. The first-order valence-electron chi connectivity index (χ1n) is 9.91. The molecule has 0 spiro atoms. The highest BCUT2D eigenvalue weighted by atomic mass is 16.3. The number of anilines is 2. The van der Waals surface area contributed by atoms with E-state index in [0.29, 0.717) is 24.1 Å². The molecule has 0 amide bonds. The predicted molar refractivity (Wildman–Crippen MR) is 112 cm³/mol. The van der Waals surface area contributed by atoms with Crippen LogP contribution in [-0.2, 0) is 12.8 Å². The summed E-state index contributed by atoms with van der Waals surface area (Å²) < 4.78 is 5.59. The molecule has 4 heterocycles. The van der Waals surface area contributed by atoms with Crippen LogP contribution in [0.15, 0.2) is 29.0 Å². The number of nitrogens with zero attached hydrogens (tertiary/aromatic N) is 5. The van der Waals surface area contributed by atoms with E-state index in [2.05, 4.69) is 35.7 Å². The fourth-order valence-corrected chi connectivity index (χ4v) is 3.74. The summed E-state index contributed by atoms with van der Waals surface area (Å²) in [6.45, 7) is 8.18. The molecule has 1 saturated heterocycles. The molecular weight excluding hydrogens is 352 g/mol. The maximum atomic E-state index is 6.47. The van der Waals surface area contributed by atoms with Gasteiger partial charge in [-0.05, 0) is 37.1 Å². The lowest BCUT2D eigenvalue weighted by Crippen LogP contribution is -2.45. The Hall–Kier alpha value is -2.67. The van der Waals surface area contributed by atoms with Crippen molar-refractivity contribution in [2.75, 3.05) is 43.9 Å². The van der Waals surface area contributed by atoms with Crippen molar-refractivity contribution in [3.63, 3.8) is 0 Å². The van der Waals surface area contributed by atoms with E-state index in [-0.39, 0.29) is 0 Å². The summed E-state index contributed by atoms with van der Waals surface area (Å²) in [7, 11) is 2.13. The summed E-state index contributed by atoms with van der Waals surface area (Å²) in [5.41, 5.74) is 9.39. The van der Waals surface area contributed by atoms with Gasteiger partial charge in [0.15, 0.2) is 0 Å². The highest BCUT2D eigenvalue weighted by molar-refractivity contribution is 5.92. The zero-order valence-electron chi connectivity index (χ0n) is 16.9. The van der Waals surface area contributed by atoms with Crippen molar-refractivity contribution in [2.24, 2.45) is 5.92 Å². The molecule has 2 N–H and O–H groups in total. The number of hydrogen-bond acceptors (Lipinski definition) is 7. The number of pyridine rings is 1. The zero-order chi connectivity index (χ0) is 19.7. The third-order valence-electron chi connectivity index (χ3n) is 5.26. The summed E-state index contributed by atoms with van der Waals surface area (Å²) in [5.74, 6) is 2.60. The third kappa shape index (κ3) is 3.80. The Morgan fingerprint density at radius 3 is 2.64 bits per heavy atom. The molecule has 1 fully saturated rings. The topological polar surface area (TPSA) is 84.3 Å². The number of furan rings is 1. The molecule has 0 atom stereocenters. The molecule has 7 nitrogen and oxygen atoms in total. The van der Waals surface area contributed by atoms with E-state index in [1.165, 1.54) is 0 Å². The second-order valence-electron chi connectivity index (χ2n) is 8.00. The van der Waals surface area contributed by atoms with Gasteiger partial charge in [-0.3, -0.25) is 4.98 Å². The first kappa shape index (κ1) is 18.7. The van der Waals surface area contributed by atoms with Gasteiger partial charge in [0.2, 0.25) is 5.95 Å². The number of fused-ring (bicyclic) bond motifs is 1. The fraction of sp³-hybridized carbons (Fsp3) is 0.476. The molecule has 0 aromatic carbocycles. The average molecular weight is 380 g/mol. The van der Waals surface area contributed by atoms with Crippen LogP contribution in [0.1, 0.15) is 30.9 Å². The van der Waals surface area contributed by atoms with E-state index in [1.807, 2.05) is 18.3 Å². The quantitative estimate of drug-likeness (QED) is 0.728. The molecular formula is C21H28N6O. The van der Waals surface area contributed by atoms with Crippen molar-refractivity contribution >= 4 is 22.7 Å². The molecule has 3 aromatic rings. The van der Waals surface area contributed by atoms with Gasteiger partial charge in [-0.25, -0.2) is 4.98 Å². The van der Waals surface area contributed by atoms with E-state index < -0.39 is 0 Å². The Morgan fingerprint density at radius 1 is 1.18 bits per heavy atom. The maximum Gasteiger partial charge on any atom is 0.228 e. The van der Waals surface area contributed by atoms with E-state index in [9.17, 15) is 0 Å². The molecule has 0 bridgehead atoms. The van der Waals surface area contributed by atoms with Gasteiger partial charge in [0, 0.05) is 43.7 Å². The second kappa shape index (κ2) is 7.75. The van der Waals surface area contributed by atoms with Crippen molar-refractivity contribution in [1.29, 1.82) is 0 Å². The molecule has 0 aliphatic carbocycles. The Labute approximate surface area is 165 Å². The van der Waals surface area contributed by atoms with Crippen LogP contribution >= 0.6 is 0 Å². The van der Waals surface area contributed by atoms with Crippen LogP contribution in [0.25, 0.3) is 10.9 Å². The molecule has 4 rings (SSSR count). The Bertz CT molecular complexity index is 945. The summed E-state index contributed by atoms with van der Waals surface area (Å²) >= 11 is 0. The minimum Gasteiger partial charge on any atom is -0.469 e. The number of aromatic nitrogens is 3. The van der Waals surface area contributed by atoms with Crippen LogP contribution < -0.4 is 10.6 Å². The van der Waals surface area contributed by atoms with Gasteiger partial charge in [-0.1, -0.05) is 13.8 Å². The average Bonchev–Trinajstić information content (AvgIpc) is 3.16. The number of hydrogen-bond donors (Lipinski definition) is 1. The van der Waals surface area contributed by atoms with Crippen molar-refractivity contribution in [3.8, 4) is 0 Å². The fourth-order valence-electron chi connectivity index (χ4n) is 3.74. The van der Waals surface area contributed by atoms with E-state index in [1.54, 1.807) is 6.26 Å². The van der Waals surface area contributed by atoms with Crippen LogP contribution in [-0.4, -0.2) is 53.1 Å².